The molecule has 4 nitrogen and oxygen atoms in total. The lowest BCUT2D eigenvalue weighted by Crippen LogP contribution is -2.26. The third kappa shape index (κ3) is 3.70. The molecule has 0 atom stereocenters. The van der Waals surface area contributed by atoms with Crippen molar-refractivity contribution < 1.29 is 19.0 Å². The van der Waals surface area contributed by atoms with Crippen molar-refractivity contribution in [2.75, 3.05) is 21.3 Å². The molecule has 0 saturated carbocycles. The molecule has 0 bridgehead atoms. The Morgan fingerprint density at radius 1 is 1.29 bits per heavy atom. The quantitative estimate of drug-likeness (QED) is 0.733. The highest BCUT2D eigenvalue weighted by molar-refractivity contribution is 6.30. The van der Waals surface area contributed by atoms with Crippen LogP contribution in [-0.4, -0.2) is 33.4 Å². The molecule has 0 unspecified atom stereocenters. The van der Waals surface area contributed by atoms with E-state index in [-0.39, 0.29) is 12.2 Å². The summed E-state index contributed by atoms with van der Waals surface area (Å²) in [6.07, 6.45) is -0.713. The number of methoxy groups -OCH3 is 3. The first-order valence-corrected chi connectivity index (χ1v) is 5.41. The number of carbonyl (C=O) groups excluding carboxylic acids is 1. The van der Waals surface area contributed by atoms with Gasteiger partial charge in [-0.05, 0) is 18.2 Å². The summed E-state index contributed by atoms with van der Waals surface area (Å²) >= 11 is 5.88. The molecule has 0 aromatic heterocycles. The predicted octanol–water partition coefficient (Wildman–Crippen LogP) is 2.08. The number of rotatable bonds is 6. The fraction of sp³-hybridized carbons (Fsp3) is 0.417. The van der Waals surface area contributed by atoms with Crippen LogP contribution in [0.15, 0.2) is 18.2 Å². The van der Waals surface area contributed by atoms with E-state index < -0.39 is 6.29 Å². The molecule has 94 valence electrons. The molecule has 17 heavy (non-hydrogen) atoms. The van der Waals surface area contributed by atoms with E-state index in [0.717, 1.165) is 0 Å². The fourth-order valence-electron chi connectivity index (χ4n) is 1.52. The third-order valence-corrected chi connectivity index (χ3v) is 2.53. The summed E-state index contributed by atoms with van der Waals surface area (Å²) in [5.41, 5.74) is 0.712. The Labute approximate surface area is 105 Å². The predicted molar refractivity (Wildman–Crippen MR) is 64.5 cm³/mol. The minimum absolute atomic E-state index is 0.149. The van der Waals surface area contributed by atoms with E-state index in [9.17, 15) is 4.79 Å². The van der Waals surface area contributed by atoms with Crippen molar-refractivity contribution >= 4 is 17.4 Å². The van der Waals surface area contributed by atoms with Gasteiger partial charge in [0.05, 0.1) is 7.11 Å². The summed E-state index contributed by atoms with van der Waals surface area (Å²) < 4.78 is 14.9. The number of ether oxygens (including phenoxy) is 3. The molecule has 0 aliphatic heterocycles. The highest BCUT2D eigenvalue weighted by atomic mass is 35.5. The number of ketones is 1. The zero-order valence-corrected chi connectivity index (χ0v) is 10.8. The molecule has 0 amide bonds. The van der Waals surface area contributed by atoms with Gasteiger partial charge in [0.15, 0.2) is 5.78 Å². The van der Waals surface area contributed by atoms with E-state index in [1.807, 2.05) is 0 Å². The molecule has 1 aromatic carbocycles. The highest BCUT2D eigenvalue weighted by Gasteiger charge is 2.19. The first-order chi connectivity index (χ1) is 8.12. The van der Waals surface area contributed by atoms with E-state index in [1.165, 1.54) is 14.2 Å². The SMILES string of the molecule is COc1ccc(Cl)cc1CC(=O)C(OC)OC. The molecule has 0 fully saturated rings. The Bertz CT molecular complexity index is 388. The zero-order valence-electron chi connectivity index (χ0n) is 10.0. The Morgan fingerprint density at radius 3 is 2.47 bits per heavy atom. The second-order valence-electron chi connectivity index (χ2n) is 3.40. The Hall–Kier alpha value is -1.10. The van der Waals surface area contributed by atoms with Crippen molar-refractivity contribution in [3.63, 3.8) is 0 Å². The van der Waals surface area contributed by atoms with Gasteiger partial charge in [-0.3, -0.25) is 4.79 Å². The first-order valence-electron chi connectivity index (χ1n) is 5.03. The maximum Gasteiger partial charge on any atom is 0.217 e. The maximum absolute atomic E-state index is 11.8. The number of benzene rings is 1. The molecule has 0 spiro atoms. The van der Waals surface area contributed by atoms with Crippen LogP contribution in [0.2, 0.25) is 5.02 Å². The van der Waals surface area contributed by atoms with E-state index in [0.29, 0.717) is 16.3 Å². The largest absolute Gasteiger partial charge is 0.496 e. The summed E-state index contributed by atoms with van der Waals surface area (Å²) in [6.45, 7) is 0. The van der Waals surface area contributed by atoms with Gasteiger partial charge in [-0.15, -0.1) is 0 Å². The minimum atomic E-state index is -0.862. The highest BCUT2D eigenvalue weighted by Crippen LogP contribution is 2.23. The second-order valence-corrected chi connectivity index (χ2v) is 3.84. The summed E-state index contributed by atoms with van der Waals surface area (Å²) in [7, 11) is 4.38. The Morgan fingerprint density at radius 2 is 1.94 bits per heavy atom. The molecule has 1 aromatic rings. The lowest BCUT2D eigenvalue weighted by atomic mass is 10.1. The monoisotopic (exact) mass is 258 g/mol. The van der Waals surface area contributed by atoms with Crippen LogP contribution in [0.1, 0.15) is 5.56 Å². The lowest BCUT2D eigenvalue weighted by molar-refractivity contribution is -0.155. The van der Waals surface area contributed by atoms with Gasteiger partial charge < -0.3 is 14.2 Å². The number of hydrogen-bond donors (Lipinski definition) is 0. The molecular weight excluding hydrogens is 244 g/mol. The topological polar surface area (TPSA) is 44.8 Å². The molecule has 0 aliphatic carbocycles. The molecule has 0 heterocycles. The molecule has 0 N–H and O–H groups in total. The minimum Gasteiger partial charge on any atom is -0.496 e. The van der Waals surface area contributed by atoms with Crippen LogP contribution in [0.25, 0.3) is 0 Å². The normalized spacial score (nSPS) is 10.6. The molecule has 5 heteroatoms. The van der Waals surface area contributed by atoms with Gasteiger partial charge >= 0.3 is 0 Å². The van der Waals surface area contributed by atoms with Crippen LogP contribution in [0.3, 0.4) is 0 Å². The molecular formula is C12H15ClO4. The van der Waals surface area contributed by atoms with Crippen LogP contribution in [0, 0.1) is 0 Å². The molecule has 0 aliphatic rings. The van der Waals surface area contributed by atoms with Crippen LogP contribution < -0.4 is 4.74 Å². The standard InChI is InChI=1S/C12H15ClO4/c1-15-11-5-4-9(13)6-8(11)7-10(14)12(16-2)17-3/h4-6,12H,7H2,1-3H3. The lowest BCUT2D eigenvalue weighted by Gasteiger charge is -2.13. The van der Waals surface area contributed by atoms with Crippen molar-refractivity contribution in [3.8, 4) is 5.75 Å². The number of carbonyl (C=O) groups is 1. The van der Waals surface area contributed by atoms with Crippen LogP contribution >= 0.6 is 11.6 Å². The number of hydrogen-bond acceptors (Lipinski definition) is 4. The number of Topliss-reactive ketones (excluding diaryl/α,β-unsaturated/α-hetero) is 1. The van der Waals surface area contributed by atoms with E-state index in [4.69, 9.17) is 25.8 Å². The van der Waals surface area contributed by atoms with Crippen molar-refractivity contribution in [1.29, 1.82) is 0 Å². The van der Waals surface area contributed by atoms with Gasteiger partial charge in [-0.1, -0.05) is 11.6 Å². The first kappa shape index (κ1) is 14.0. The summed E-state index contributed by atoms with van der Waals surface area (Å²) in [5, 5.41) is 0.556. The van der Waals surface area contributed by atoms with Gasteiger partial charge in [0.1, 0.15) is 5.75 Å². The van der Waals surface area contributed by atoms with E-state index in [2.05, 4.69) is 0 Å². The molecule has 1 rings (SSSR count). The van der Waals surface area contributed by atoms with Crippen molar-refractivity contribution in [2.45, 2.75) is 12.7 Å². The van der Waals surface area contributed by atoms with E-state index in [1.54, 1.807) is 25.3 Å². The third-order valence-electron chi connectivity index (χ3n) is 2.30. The van der Waals surface area contributed by atoms with Crippen molar-refractivity contribution in [2.24, 2.45) is 0 Å². The van der Waals surface area contributed by atoms with Gasteiger partial charge in [-0.25, -0.2) is 0 Å². The van der Waals surface area contributed by atoms with Crippen LogP contribution in [0.4, 0.5) is 0 Å². The summed E-state index contributed by atoms with van der Waals surface area (Å²) in [5.74, 6) is 0.435. The second kappa shape index (κ2) is 6.59. The van der Waals surface area contributed by atoms with E-state index >= 15 is 0 Å². The van der Waals surface area contributed by atoms with Crippen LogP contribution in [-0.2, 0) is 20.7 Å². The van der Waals surface area contributed by atoms with Crippen molar-refractivity contribution in [3.05, 3.63) is 28.8 Å². The van der Waals surface area contributed by atoms with Gasteiger partial charge in [-0.2, -0.15) is 0 Å². The number of halogens is 1. The smallest absolute Gasteiger partial charge is 0.217 e. The summed E-state index contributed by atoms with van der Waals surface area (Å²) in [4.78, 5) is 11.8. The molecule has 0 radical (unpaired) electrons. The zero-order chi connectivity index (χ0) is 12.8. The van der Waals surface area contributed by atoms with Crippen LogP contribution in [0.5, 0.6) is 5.75 Å². The average Bonchev–Trinajstić information content (AvgIpc) is 2.31. The van der Waals surface area contributed by atoms with Gasteiger partial charge in [0, 0.05) is 31.2 Å². The average molecular weight is 259 g/mol. The fourth-order valence-corrected chi connectivity index (χ4v) is 1.71. The Balaban J connectivity index is 2.86. The van der Waals surface area contributed by atoms with Gasteiger partial charge in [0.2, 0.25) is 6.29 Å². The van der Waals surface area contributed by atoms with Gasteiger partial charge in [0.25, 0.3) is 0 Å². The maximum atomic E-state index is 11.8. The van der Waals surface area contributed by atoms with Crippen molar-refractivity contribution in [1.82, 2.24) is 0 Å². The Kier molecular flexibility index (Phi) is 5.41. The summed E-state index contributed by atoms with van der Waals surface area (Å²) in [6, 6.07) is 5.12. The molecule has 0 saturated heterocycles.